The lowest BCUT2D eigenvalue weighted by Crippen LogP contribution is -2.22. The summed E-state index contributed by atoms with van der Waals surface area (Å²) < 4.78 is 18.7. The molecular formula is C12H10BrFO2. The maximum Gasteiger partial charge on any atom is 0.153 e. The zero-order chi connectivity index (χ0) is 11.8. The zero-order valence-corrected chi connectivity index (χ0v) is 10.2. The van der Waals surface area contributed by atoms with Crippen molar-refractivity contribution in [2.24, 2.45) is 0 Å². The molecule has 16 heavy (non-hydrogen) atoms. The van der Waals surface area contributed by atoms with Gasteiger partial charge in [-0.1, -0.05) is 12.1 Å². The summed E-state index contributed by atoms with van der Waals surface area (Å²) in [5.74, 6) is 0.0668. The fourth-order valence-corrected chi connectivity index (χ4v) is 2.13. The van der Waals surface area contributed by atoms with Gasteiger partial charge in [0.2, 0.25) is 0 Å². The molecule has 1 aromatic heterocycles. The molecular weight excluding hydrogens is 275 g/mol. The Morgan fingerprint density at radius 3 is 2.38 bits per heavy atom. The highest BCUT2D eigenvalue weighted by Crippen LogP contribution is 2.34. The Morgan fingerprint density at radius 2 is 1.88 bits per heavy atom. The lowest BCUT2D eigenvalue weighted by atomic mass is 9.93. The third-order valence-electron chi connectivity index (χ3n) is 2.47. The van der Waals surface area contributed by atoms with E-state index in [1.165, 1.54) is 30.5 Å². The first-order valence-electron chi connectivity index (χ1n) is 4.73. The van der Waals surface area contributed by atoms with Crippen LogP contribution in [0.25, 0.3) is 0 Å². The summed E-state index contributed by atoms with van der Waals surface area (Å²) >= 11 is 3.29. The summed E-state index contributed by atoms with van der Waals surface area (Å²) in [7, 11) is 0. The summed E-state index contributed by atoms with van der Waals surface area (Å²) in [6, 6.07) is 7.38. The van der Waals surface area contributed by atoms with E-state index in [0.717, 1.165) is 0 Å². The van der Waals surface area contributed by atoms with Crippen LogP contribution in [0.2, 0.25) is 0 Å². The van der Waals surface area contributed by atoms with E-state index in [-0.39, 0.29) is 5.82 Å². The Balaban J connectivity index is 2.46. The van der Waals surface area contributed by atoms with E-state index in [2.05, 4.69) is 15.9 Å². The highest BCUT2D eigenvalue weighted by Gasteiger charge is 2.31. The van der Waals surface area contributed by atoms with Gasteiger partial charge < -0.3 is 9.52 Å². The van der Waals surface area contributed by atoms with Gasteiger partial charge in [0, 0.05) is 0 Å². The Kier molecular flexibility index (Phi) is 2.86. The fraction of sp³-hybridized carbons (Fsp3) is 0.167. The smallest absolute Gasteiger partial charge is 0.153 e. The van der Waals surface area contributed by atoms with Crippen LogP contribution in [0.15, 0.2) is 45.5 Å². The van der Waals surface area contributed by atoms with Crippen LogP contribution in [0.5, 0.6) is 0 Å². The molecule has 0 bridgehead atoms. The number of furan rings is 1. The van der Waals surface area contributed by atoms with Crippen molar-refractivity contribution in [3.8, 4) is 0 Å². The largest absolute Gasteiger partial charge is 0.465 e. The Bertz CT molecular complexity index is 488. The quantitative estimate of drug-likeness (QED) is 0.917. The van der Waals surface area contributed by atoms with Gasteiger partial charge in [-0.15, -0.1) is 0 Å². The summed E-state index contributed by atoms with van der Waals surface area (Å²) in [5, 5.41) is 10.4. The van der Waals surface area contributed by atoms with Gasteiger partial charge >= 0.3 is 0 Å². The summed E-state index contributed by atoms with van der Waals surface area (Å²) in [5.41, 5.74) is -0.708. The molecule has 0 radical (unpaired) electrons. The Labute approximate surface area is 101 Å². The first kappa shape index (κ1) is 11.4. The highest BCUT2D eigenvalue weighted by atomic mass is 79.9. The molecule has 0 saturated carbocycles. The van der Waals surface area contributed by atoms with Crippen LogP contribution >= 0.6 is 15.9 Å². The van der Waals surface area contributed by atoms with Crippen molar-refractivity contribution in [2.45, 2.75) is 12.5 Å². The molecule has 0 aliphatic carbocycles. The average molecular weight is 285 g/mol. The molecule has 0 spiro atoms. The third-order valence-corrected chi connectivity index (χ3v) is 3.09. The molecule has 2 aromatic rings. The van der Waals surface area contributed by atoms with E-state index in [9.17, 15) is 9.50 Å². The van der Waals surface area contributed by atoms with E-state index >= 15 is 0 Å². The minimum absolute atomic E-state index is 0.335. The van der Waals surface area contributed by atoms with Gasteiger partial charge in [-0.05, 0) is 46.6 Å². The van der Waals surface area contributed by atoms with Crippen LogP contribution in [0, 0.1) is 5.82 Å². The SMILES string of the molecule is CC(O)(c1ccc(F)cc1)c1occc1Br. The predicted molar refractivity (Wildman–Crippen MR) is 61.5 cm³/mol. The molecule has 4 heteroatoms. The van der Waals surface area contributed by atoms with Gasteiger partial charge in [-0.2, -0.15) is 0 Å². The predicted octanol–water partition coefficient (Wildman–Crippen LogP) is 3.44. The number of aliphatic hydroxyl groups is 1. The van der Waals surface area contributed by atoms with E-state index in [1.807, 2.05) is 0 Å². The van der Waals surface area contributed by atoms with Gasteiger partial charge in [0.05, 0.1) is 10.7 Å². The van der Waals surface area contributed by atoms with Gasteiger partial charge in [0.1, 0.15) is 11.4 Å². The molecule has 1 heterocycles. The summed E-state index contributed by atoms with van der Waals surface area (Å²) in [4.78, 5) is 0. The Morgan fingerprint density at radius 1 is 1.25 bits per heavy atom. The molecule has 2 rings (SSSR count). The molecule has 1 aromatic carbocycles. The van der Waals surface area contributed by atoms with Crippen LogP contribution in [-0.4, -0.2) is 5.11 Å². The molecule has 1 unspecified atom stereocenters. The molecule has 2 nitrogen and oxygen atoms in total. The lowest BCUT2D eigenvalue weighted by Gasteiger charge is -2.21. The molecule has 1 N–H and O–H groups in total. The van der Waals surface area contributed by atoms with Crippen LogP contribution < -0.4 is 0 Å². The molecule has 0 aliphatic heterocycles. The van der Waals surface area contributed by atoms with E-state index in [0.29, 0.717) is 15.8 Å². The first-order valence-corrected chi connectivity index (χ1v) is 5.53. The van der Waals surface area contributed by atoms with Crippen molar-refractivity contribution in [1.29, 1.82) is 0 Å². The van der Waals surface area contributed by atoms with Gasteiger partial charge in [0.15, 0.2) is 5.76 Å². The van der Waals surface area contributed by atoms with E-state index in [1.54, 1.807) is 13.0 Å². The molecule has 0 fully saturated rings. The van der Waals surface area contributed by atoms with Crippen LogP contribution in [0.3, 0.4) is 0 Å². The number of halogens is 2. The topological polar surface area (TPSA) is 33.4 Å². The van der Waals surface area contributed by atoms with Crippen LogP contribution in [-0.2, 0) is 5.60 Å². The maximum absolute atomic E-state index is 12.8. The monoisotopic (exact) mass is 284 g/mol. The fourth-order valence-electron chi connectivity index (χ4n) is 1.55. The van der Waals surface area contributed by atoms with Crippen molar-refractivity contribution in [3.05, 3.63) is 58.2 Å². The summed E-state index contributed by atoms with van der Waals surface area (Å²) in [6.07, 6.45) is 1.48. The normalized spacial score (nSPS) is 14.8. The first-order chi connectivity index (χ1) is 7.51. The van der Waals surface area contributed by atoms with Crippen LogP contribution in [0.4, 0.5) is 4.39 Å². The standard InChI is InChI=1S/C12H10BrFO2/c1-12(15,11-10(13)6-7-16-11)8-2-4-9(14)5-3-8/h2-7,15H,1H3. The van der Waals surface area contributed by atoms with Crippen molar-refractivity contribution in [1.82, 2.24) is 0 Å². The van der Waals surface area contributed by atoms with Crippen LogP contribution in [0.1, 0.15) is 18.2 Å². The molecule has 0 aliphatic rings. The molecule has 0 saturated heterocycles. The zero-order valence-electron chi connectivity index (χ0n) is 8.58. The van der Waals surface area contributed by atoms with E-state index in [4.69, 9.17) is 4.42 Å². The van der Waals surface area contributed by atoms with Crippen molar-refractivity contribution >= 4 is 15.9 Å². The van der Waals surface area contributed by atoms with Crippen molar-refractivity contribution in [3.63, 3.8) is 0 Å². The van der Waals surface area contributed by atoms with Gasteiger partial charge in [-0.25, -0.2) is 4.39 Å². The number of rotatable bonds is 2. The minimum Gasteiger partial charge on any atom is -0.465 e. The molecule has 1 atom stereocenters. The second-order valence-corrected chi connectivity index (χ2v) is 4.53. The van der Waals surface area contributed by atoms with E-state index < -0.39 is 5.60 Å². The second kappa shape index (κ2) is 4.03. The lowest BCUT2D eigenvalue weighted by molar-refractivity contribution is 0.0757. The maximum atomic E-state index is 12.8. The molecule has 84 valence electrons. The van der Waals surface area contributed by atoms with Gasteiger partial charge in [-0.3, -0.25) is 0 Å². The second-order valence-electron chi connectivity index (χ2n) is 3.68. The minimum atomic E-state index is -1.28. The number of hydrogen-bond acceptors (Lipinski definition) is 2. The highest BCUT2D eigenvalue weighted by molar-refractivity contribution is 9.10. The van der Waals surface area contributed by atoms with Crippen molar-refractivity contribution in [2.75, 3.05) is 0 Å². The Hall–Kier alpha value is -1.13. The number of benzene rings is 1. The van der Waals surface area contributed by atoms with Crippen molar-refractivity contribution < 1.29 is 13.9 Å². The molecule has 0 amide bonds. The summed E-state index contributed by atoms with van der Waals surface area (Å²) in [6.45, 7) is 1.60. The average Bonchev–Trinajstić information content (AvgIpc) is 2.66. The third kappa shape index (κ3) is 1.90. The van der Waals surface area contributed by atoms with Gasteiger partial charge in [0.25, 0.3) is 0 Å². The number of hydrogen-bond donors (Lipinski definition) is 1.